The SMILES string of the molecule is COc1cc(CNC(=O)C2CC2)ccc1OCCC(C)C. The minimum atomic E-state index is 0.159. The lowest BCUT2D eigenvalue weighted by atomic mass is 10.1. The van der Waals surface area contributed by atoms with Gasteiger partial charge in [-0.2, -0.15) is 0 Å². The van der Waals surface area contributed by atoms with Crippen LogP contribution in [-0.2, 0) is 11.3 Å². The molecule has 4 nitrogen and oxygen atoms in total. The third-order valence-electron chi connectivity index (χ3n) is 3.60. The number of hydrogen-bond acceptors (Lipinski definition) is 3. The van der Waals surface area contributed by atoms with Crippen molar-refractivity contribution >= 4 is 5.91 Å². The Bertz CT molecular complexity index is 481. The maximum atomic E-state index is 11.6. The fourth-order valence-electron chi connectivity index (χ4n) is 2.02. The minimum absolute atomic E-state index is 0.159. The van der Waals surface area contributed by atoms with Gasteiger partial charge in [-0.25, -0.2) is 0 Å². The van der Waals surface area contributed by atoms with E-state index in [1.807, 2.05) is 18.2 Å². The lowest BCUT2D eigenvalue weighted by molar-refractivity contribution is -0.122. The van der Waals surface area contributed by atoms with Crippen molar-refractivity contribution in [3.8, 4) is 11.5 Å². The van der Waals surface area contributed by atoms with Crippen LogP contribution in [0.2, 0.25) is 0 Å². The molecule has 0 heterocycles. The van der Waals surface area contributed by atoms with E-state index >= 15 is 0 Å². The van der Waals surface area contributed by atoms with Crippen LogP contribution in [0.3, 0.4) is 0 Å². The third kappa shape index (κ3) is 4.96. The quantitative estimate of drug-likeness (QED) is 0.800. The molecule has 1 fully saturated rings. The Morgan fingerprint density at radius 3 is 2.71 bits per heavy atom. The highest BCUT2D eigenvalue weighted by Crippen LogP contribution is 2.30. The summed E-state index contributed by atoms with van der Waals surface area (Å²) in [5.41, 5.74) is 1.03. The van der Waals surface area contributed by atoms with E-state index in [4.69, 9.17) is 9.47 Å². The molecule has 0 bridgehead atoms. The van der Waals surface area contributed by atoms with Crippen molar-refractivity contribution in [2.24, 2.45) is 11.8 Å². The molecule has 1 aliphatic rings. The van der Waals surface area contributed by atoms with Crippen LogP contribution in [0.4, 0.5) is 0 Å². The van der Waals surface area contributed by atoms with Crippen LogP contribution in [0.15, 0.2) is 18.2 Å². The molecule has 0 aliphatic heterocycles. The number of carbonyl (C=O) groups is 1. The van der Waals surface area contributed by atoms with Gasteiger partial charge in [0, 0.05) is 12.5 Å². The van der Waals surface area contributed by atoms with Gasteiger partial charge in [-0.1, -0.05) is 19.9 Å². The van der Waals surface area contributed by atoms with Crippen LogP contribution in [0, 0.1) is 11.8 Å². The standard InChI is InChI=1S/C17H25NO3/c1-12(2)8-9-21-15-7-4-13(10-16(15)20-3)11-18-17(19)14-5-6-14/h4,7,10,12,14H,5-6,8-9,11H2,1-3H3,(H,18,19). The largest absolute Gasteiger partial charge is 0.493 e. The van der Waals surface area contributed by atoms with Crippen molar-refractivity contribution in [2.75, 3.05) is 13.7 Å². The van der Waals surface area contributed by atoms with Crippen LogP contribution in [0.5, 0.6) is 11.5 Å². The summed E-state index contributed by atoms with van der Waals surface area (Å²) in [5.74, 6) is 2.50. The lowest BCUT2D eigenvalue weighted by Crippen LogP contribution is -2.24. The molecule has 0 radical (unpaired) electrons. The summed E-state index contributed by atoms with van der Waals surface area (Å²) in [5, 5.41) is 2.95. The first kappa shape index (κ1) is 15.7. The molecule has 1 N–H and O–H groups in total. The highest BCUT2D eigenvalue weighted by atomic mass is 16.5. The van der Waals surface area contributed by atoms with E-state index in [0.717, 1.165) is 36.3 Å². The van der Waals surface area contributed by atoms with Gasteiger partial charge in [0.1, 0.15) is 0 Å². The second kappa shape index (κ2) is 7.34. The molecule has 0 spiro atoms. The Kier molecular flexibility index (Phi) is 5.48. The van der Waals surface area contributed by atoms with Crippen molar-refractivity contribution in [2.45, 2.75) is 39.7 Å². The van der Waals surface area contributed by atoms with E-state index in [2.05, 4.69) is 19.2 Å². The summed E-state index contributed by atoms with van der Waals surface area (Å²) in [4.78, 5) is 11.6. The Labute approximate surface area is 126 Å². The maximum absolute atomic E-state index is 11.6. The van der Waals surface area contributed by atoms with Gasteiger partial charge in [0.2, 0.25) is 5.91 Å². The van der Waals surface area contributed by atoms with Gasteiger partial charge in [0.25, 0.3) is 0 Å². The van der Waals surface area contributed by atoms with Gasteiger partial charge >= 0.3 is 0 Å². The summed E-state index contributed by atoms with van der Waals surface area (Å²) in [6.07, 6.45) is 3.07. The number of ether oxygens (including phenoxy) is 2. The van der Waals surface area contributed by atoms with Gasteiger partial charge in [-0.15, -0.1) is 0 Å². The summed E-state index contributed by atoms with van der Waals surface area (Å²) < 4.78 is 11.1. The predicted octanol–water partition coefficient (Wildman–Crippen LogP) is 3.15. The van der Waals surface area contributed by atoms with Gasteiger partial charge in [0.15, 0.2) is 11.5 Å². The molecule has 0 saturated heterocycles. The van der Waals surface area contributed by atoms with Crippen molar-refractivity contribution < 1.29 is 14.3 Å². The summed E-state index contributed by atoms with van der Waals surface area (Å²) in [6, 6.07) is 5.82. The van der Waals surface area contributed by atoms with Gasteiger partial charge in [-0.3, -0.25) is 4.79 Å². The zero-order valence-electron chi connectivity index (χ0n) is 13.1. The second-order valence-electron chi connectivity index (χ2n) is 6.01. The molecule has 21 heavy (non-hydrogen) atoms. The zero-order chi connectivity index (χ0) is 15.2. The van der Waals surface area contributed by atoms with Gasteiger partial charge < -0.3 is 14.8 Å². The van der Waals surface area contributed by atoms with Crippen LogP contribution in [-0.4, -0.2) is 19.6 Å². The van der Waals surface area contributed by atoms with Crippen LogP contribution >= 0.6 is 0 Å². The number of amides is 1. The summed E-state index contributed by atoms with van der Waals surface area (Å²) in [7, 11) is 1.64. The lowest BCUT2D eigenvalue weighted by Gasteiger charge is -2.13. The minimum Gasteiger partial charge on any atom is -0.493 e. The molecule has 1 saturated carbocycles. The average molecular weight is 291 g/mol. The van der Waals surface area contributed by atoms with E-state index in [9.17, 15) is 4.79 Å². The maximum Gasteiger partial charge on any atom is 0.223 e. The fraction of sp³-hybridized carbons (Fsp3) is 0.588. The zero-order valence-corrected chi connectivity index (χ0v) is 13.1. The Morgan fingerprint density at radius 2 is 2.10 bits per heavy atom. The van der Waals surface area contributed by atoms with Crippen molar-refractivity contribution in [1.82, 2.24) is 5.32 Å². The molecule has 0 aromatic heterocycles. The van der Waals surface area contributed by atoms with E-state index in [1.54, 1.807) is 7.11 Å². The molecule has 116 valence electrons. The molecule has 0 unspecified atom stereocenters. The van der Waals surface area contributed by atoms with E-state index in [-0.39, 0.29) is 11.8 Å². The fourth-order valence-corrected chi connectivity index (χ4v) is 2.02. The topological polar surface area (TPSA) is 47.6 Å². The Hall–Kier alpha value is -1.71. The summed E-state index contributed by atoms with van der Waals surface area (Å²) in [6.45, 7) is 5.57. The number of benzene rings is 1. The number of carbonyl (C=O) groups excluding carboxylic acids is 1. The molecule has 1 aromatic carbocycles. The molecule has 1 aromatic rings. The number of rotatable bonds is 8. The van der Waals surface area contributed by atoms with E-state index in [0.29, 0.717) is 19.1 Å². The average Bonchev–Trinajstić information content (AvgIpc) is 3.29. The Balaban J connectivity index is 1.89. The van der Waals surface area contributed by atoms with Crippen LogP contribution in [0.1, 0.15) is 38.7 Å². The first-order valence-electron chi connectivity index (χ1n) is 7.67. The normalized spacial score (nSPS) is 14.1. The molecule has 1 aliphatic carbocycles. The molecular weight excluding hydrogens is 266 g/mol. The monoisotopic (exact) mass is 291 g/mol. The van der Waals surface area contributed by atoms with Gasteiger partial charge in [-0.05, 0) is 42.9 Å². The molecule has 2 rings (SSSR count). The van der Waals surface area contributed by atoms with Gasteiger partial charge in [0.05, 0.1) is 13.7 Å². The van der Waals surface area contributed by atoms with Crippen LogP contribution in [0.25, 0.3) is 0 Å². The van der Waals surface area contributed by atoms with Crippen molar-refractivity contribution in [1.29, 1.82) is 0 Å². The highest BCUT2D eigenvalue weighted by molar-refractivity contribution is 5.80. The first-order chi connectivity index (χ1) is 10.1. The van der Waals surface area contributed by atoms with Crippen LogP contribution < -0.4 is 14.8 Å². The van der Waals surface area contributed by atoms with E-state index in [1.165, 1.54) is 0 Å². The third-order valence-corrected chi connectivity index (χ3v) is 3.60. The first-order valence-corrected chi connectivity index (χ1v) is 7.67. The molecular formula is C17H25NO3. The molecule has 4 heteroatoms. The molecule has 1 amide bonds. The summed E-state index contributed by atoms with van der Waals surface area (Å²) >= 11 is 0. The predicted molar refractivity (Wildman–Crippen MR) is 82.5 cm³/mol. The number of hydrogen-bond donors (Lipinski definition) is 1. The van der Waals surface area contributed by atoms with E-state index < -0.39 is 0 Å². The highest BCUT2D eigenvalue weighted by Gasteiger charge is 2.29. The van der Waals surface area contributed by atoms with Crippen molar-refractivity contribution in [3.05, 3.63) is 23.8 Å². The molecule has 0 atom stereocenters. The number of methoxy groups -OCH3 is 1. The van der Waals surface area contributed by atoms with Crippen molar-refractivity contribution in [3.63, 3.8) is 0 Å². The Morgan fingerprint density at radius 1 is 1.33 bits per heavy atom. The smallest absolute Gasteiger partial charge is 0.223 e. The number of nitrogens with one attached hydrogen (secondary N) is 1. The second-order valence-corrected chi connectivity index (χ2v) is 6.01.